The number of urea groups is 1. The first-order chi connectivity index (χ1) is 10.0. The number of non-ortho nitro benzene ring substituents is 1. The molecule has 7 heteroatoms. The third kappa shape index (κ3) is 3.62. The van der Waals surface area contributed by atoms with Crippen molar-refractivity contribution in [1.29, 1.82) is 0 Å². The first kappa shape index (κ1) is 15.1. The summed E-state index contributed by atoms with van der Waals surface area (Å²) in [5.41, 5.74) is 0.364. The summed E-state index contributed by atoms with van der Waals surface area (Å²) in [5.74, 6) is 0.769. The maximum absolute atomic E-state index is 12.2. The van der Waals surface area contributed by atoms with Crippen molar-refractivity contribution < 1.29 is 14.5 Å². The van der Waals surface area contributed by atoms with E-state index < -0.39 is 4.92 Å². The Morgan fingerprint density at radius 1 is 1.52 bits per heavy atom. The van der Waals surface area contributed by atoms with Crippen molar-refractivity contribution in [1.82, 2.24) is 4.90 Å². The van der Waals surface area contributed by atoms with Gasteiger partial charge in [-0.3, -0.25) is 10.1 Å². The van der Waals surface area contributed by atoms with Crippen LogP contribution in [-0.2, 0) is 0 Å². The molecule has 2 rings (SSSR count). The Hall–Kier alpha value is -2.31. The molecule has 1 heterocycles. The quantitative estimate of drug-likeness (QED) is 0.686. The van der Waals surface area contributed by atoms with Crippen LogP contribution in [0.4, 0.5) is 16.2 Å². The zero-order valence-electron chi connectivity index (χ0n) is 12.2. The molecule has 0 saturated carbocycles. The Kier molecular flexibility index (Phi) is 4.62. The number of nitro groups is 1. The summed E-state index contributed by atoms with van der Waals surface area (Å²) in [5, 5.41) is 13.5. The Morgan fingerprint density at radius 2 is 2.29 bits per heavy atom. The highest BCUT2D eigenvalue weighted by atomic mass is 16.6. The van der Waals surface area contributed by atoms with E-state index in [0.29, 0.717) is 11.6 Å². The Balaban J connectivity index is 2.11. The zero-order valence-corrected chi connectivity index (χ0v) is 12.2. The predicted octanol–water partition coefficient (Wildman–Crippen LogP) is 2.87. The van der Waals surface area contributed by atoms with Gasteiger partial charge in [-0.15, -0.1) is 0 Å². The van der Waals surface area contributed by atoms with Crippen molar-refractivity contribution in [2.75, 3.05) is 25.5 Å². The van der Waals surface area contributed by atoms with Crippen LogP contribution in [0.5, 0.6) is 5.75 Å². The average molecular weight is 293 g/mol. The molecule has 0 radical (unpaired) electrons. The largest absolute Gasteiger partial charge is 0.494 e. The molecular weight excluding hydrogens is 274 g/mol. The number of likely N-dealkylation sites (tertiary alicyclic amines) is 1. The summed E-state index contributed by atoms with van der Waals surface area (Å²) in [6, 6.07) is 3.93. The molecule has 1 aromatic carbocycles. The van der Waals surface area contributed by atoms with Gasteiger partial charge in [0.25, 0.3) is 5.69 Å². The third-order valence-electron chi connectivity index (χ3n) is 3.58. The van der Waals surface area contributed by atoms with Crippen molar-refractivity contribution >= 4 is 17.4 Å². The third-order valence-corrected chi connectivity index (χ3v) is 3.58. The molecule has 0 spiro atoms. The van der Waals surface area contributed by atoms with Gasteiger partial charge in [0.1, 0.15) is 5.75 Å². The number of hydrogen-bond acceptors (Lipinski definition) is 4. The molecule has 0 unspecified atom stereocenters. The van der Waals surface area contributed by atoms with Crippen LogP contribution in [0.25, 0.3) is 0 Å². The molecule has 2 amide bonds. The monoisotopic (exact) mass is 293 g/mol. The number of nitro benzene ring substituents is 1. The molecule has 1 aromatic rings. The van der Waals surface area contributed by atoms with Crippen molar-refractivity contribution in [3.05, 3.63) is 28.3 Å². The standard InChI is InChI=1S/C14H19N3O4/c1-10-4-3-7-16(9-10)14(18)15-12-6-5-11(17(19)20)8-13(12)21-2/h5-6,8,10H,3-4,7,9H2,1-2H3,(H,15,18)/t10-/m1/s1. The second-order valence-corrected chi connectivity index (χ2v) is 5.27. The van der Waals surface area contributed by atoms with Crippen LogP contribution in [-0.4, -0.2) is 36.1 Å². The van der Waals surface area contributed by atoms with Gasteiger partial charge < -0.3 is 15.0 Å². The smallest absolute Gasteiger partial charge is 0.321 e. The van der Waals surface area contributed by atoms with E-state index in [-0.39, 0.29) is 17.5 Å². The van der Waals surface area contributed by atoms with E-state index in [1.807, 2.05) is 0 Å². The van der Waals surface area contributed by atoms with Gasteiger partial charge in [-0.05, 0) is 24.8 Å². The molecule has 0 aliphatic carbocycles. The van der Waals surface area contributed by atoms with Crippen LogP contribution in [0.2, 0.25) is 0 Å². The number of nitrogens with zero attached hydrogens (tertiary/aromatic N) is 2. The number of methoxy groups -OCH3 is 1. The molecular formula is C14H19N3O4. The van der Waals surface area contributed by atoms with Gasteiger partial charge in [-0.25, -0.2) is 4.79 Å². The fraction of sp³-hybridized carbons (Fsp3) is 0.500. The molecule has 0 aromatic heterocycles. The lowest BCUT2D eigenvalue weighted by atomic mass is 10.0. The summed E-state index contributed by atoms with van der Waals surface area (Å²) < 4.78 is 5.11. The maximum Gasteiger partial charge on any atom is 0.321 e. The van der Waals surface area contributed by atoms with Gasteiger partial charge >= 0.3 is 6.03 Å². The summed E-state index contributed by atoms with van der Waals surface area (Å²) in [4.78, 5) is 24.2. The van der Waals surface area contributed by atoms with Crippen LogP contribution in [0.15, 0.2) is 18.2 Å². The van der Waals surface area contributed by atoms with E-state index in [4.69, 9.17) is 4.74 Å². The minimum absolute atomic E-state index is 0.0727. The minimum Gasteiger partial charge on any atom is -0.494 e. The van der Waals surface area contributed by atoms with E-state index in [9.17, 15) is 14.9 Å². The van der Waals surface area contributed by atoms with Gasteiger partial charge in [0.05, 0.1) is 23.8 Å². The number of anilines is 1. The molecule has 0 bridgehead atoms. The Labute approximate surface area is 123 Å². The average Bonchev–Trinajstić information content (AvgIpc) is 2.47. The minimum atomic E-state index is -0.500. The summed E-state index contributed by atoms with van der Waals surface area (Å²) in [6.07, 6.45) is 2.12. The van der Waals surface area contributed by atoms with Gasteiger partial charge in [0.2, 0.25) is 0 Å². The van der Waals surface area contributed by atoms with Crippen LogP contribution in [0, 0.1) is 16.0 Å². The molecule has 114 valence electrons. The predicted molar refractivity (Wildman–Crippen MR) is 78.6 cm³/mol. The van der Waals surface area contributed by atoms with E-state index in [1.165, 1.54) is 25.3 Å². The molecule has 1 saturated heterocycles. The fourth-order valence-corrected chi connectivity index (χ4v) is 2.46. The van der Waals surface area contributed by atoms with Crippen LogP contribution >= 0.6 is 0 Å². The molecule has 1 fully saturated rings. The number of benzene rings is 1. The van der Waals surface area contributed by atoms with Crippen molar-refractivity contribution in [2.45, 2.75) is 19.8 Å². The topological polar surface area (TPSA) is 84.7 Å². The molecule has 1 N–H and O–H groups in total. The Bertz CT molecular complexity index is 547. The Morgan fingerprint density at radius 3 is 2.90 bits per heavy atom. The van der Waals surface area contributed by atoms with Crippen LogP contribution < -0.4 is 10.1 Å². The second-order valence-electron chi connectivity index (χ2n) is 5.27. The van der Waals surface area contributed by atoms with Gasteiger partial charge in [0, 0.05) is 19.2 Å². The van der Waals surface area contributed by atoms with E-state index in [0.717, 1.165) is 25.9 Å². The highest BCUT2D eigenvalue weighted by Crippen LogP contribution is 2.29. The van der Waals surface area contributed by atoms with E-state index in [2.05, 4.69) is 12.2 Å². The summed E-state index contributed by atoms with van der Waals surface area (Å²) >= 11 is 0. The van der Waals surface area contributed by atoms with Crippen molar-refractivity contribution in [3.8, 4) is 5.75 Å². The van der Waals surface area contributed by atoms with E-state index in [1.54, 1.807) is 4.90 Å². The number of ether oxygens (including phenoxy) is 1. The van der Waals surface area contributed by atoms with Crippen LogP contribution in [0.1, 0.15) is 19.8 Å². The number of carbonyl (C=O) groups excluding carboxylic acids is 1. The highest BCUT2D eigenvalue weighted by Gasteiger charge is 2.22. The number of amides is 2. The maximum atomic E-state index is 12.2. The lowest BCUT2D eigenvalue weighted by Gasteiger charge is -2.31. The first-order valence-electron chi connectivity index (χ1n) is 6.89. The molecule has 1 aliphatic heterocycles. The van der Waals surface area contributed by atoms with Gasteiger partial charge in [0.15, 0.2) is 0 Å². The molecule has 1 atom stereocenters. The summed E-state index contributed by atoms with van der Waals surface area (Å²) in [6.45, 7) is 3.57. The number of hydrogen-bond donors (Lipinski definition) is 1. The number of nitrogens with one attached hydrogen (secondary N) is 1. The summed E-state index contributed by atoms with van der Waals surface area (Å²) in [7, 11) is 1.41. The highest BCUT2D eigenvalue weighted by molar-refractivity contribution is 5.91. The SMILES string of the molecule is COc1cc([N+](=O)[O-])ccc1NC(=O)N1CCC[C@@H](C)C1. The van der Waals surface area contributed by atoms with E-state index >= 15 is 0 Å². The lowest BCUT2D eigenvalue weighted by Crippen LogP contribution is -2.41. The van der Waals surface area contributed by atoms with Crippen molar-refractivity contribution in [3.63, 3.8) is 0 Å². The van der Waals surface area contributed by atoms with Gasteiger partial charge in [-0.2, -0.15) is 0 Å². The lowest BCUT2D eigenvalue weighted by molar-refractivity contribution is -0.384. The normalized spacial score (nSPS) is 18.2. The first-order valence-corrected chi connectivity index (χ1v) is 6.89. The number of rotatable bonds is 3. The van der Waals surface area contributed by atoms with Crippen LogP contribution in [0.3, 0.4) is 0 Å². The molecule has 7 nitrogen and oxygen atoms in total. The van der Waals surface area contributed by atoms with Gasteiger partial charge in [-0.1, -0.05) is 6.92 Å². The molecule has 21 heavy (non-hydrogen) atoms. The second kappa shape index (κ2) is 6.43. The van der Waals surface area contributed by atoms with Crippen molar-refractivity contribution in [2.24, 2.45) is 5.92 Å². The zero-order chi connectivity index (χ0) is 15.4. The number of carbonyl (C=O) groups is 1. The molecule has 1 aliphatic rings. The fourth-order valence-electron chi connectivity index (χ4n) is 2.46. The number of piperidine rings is 1.